The average molecular weight is 247 g/mol. The topological polar surface area (TPSA) is 71.0 Å². The number of nitrogens with one attached hydrogen (secondary N) is 3. The lowest BCUT2D eigenvalue weighted by Crippen LogP contribution is -2.46. The molecule has 2 bridgehead atoms. The molecule has 3 atom stereocenters. The molecule has 4 fully saturated rings. The van der Waals surface area contributed by atoms with E-state index in [4.69, 9.17) is 0 Å². The second-order valence-electron chi connectivity index (χ2n) is 5.50. The maximum atomic E-state index is 12.2. The van der Waals surface area contributed by atoms with Gasteiger partial charge in [-0.1, -0.05) is 0 Å². The van der Waals surface area contributed by atoms with Gasteiger partial charge in [0.1, 0.15) is 5.82 Å². The minimum absolute atomic E-state index is 0.148. The highest BCUT2D eigenvalue weighted by atomic mass is 16.2. The monoisotopic (exact) mass is 247 g/mol. The van der Waals surface area contributed by atoms with Crippen molar-refractivity contribution in [3.8, 4) is 0 Å². The fraction of sp³-hybridized carbons (Fsp3) is 0.667. The quantitative estimate of drug-likeness (QED) is 0.678. The number of nitrogens with zero attached hydrogens (tertiary/aromatic N) is 2. The van der Waals surface area contributed by atoms with Gasteiger partial charge in [-0.25, -0.2) is 4.68 Å². The summed E-state index contributed by atoms with van der Waals surface area (Å²) in [4.78, 5) is 12.2. The molecule has 18 heavy (non-hydrogen) atoms. The zero-order valence-electron chi connectivity index (χ0n) is 10.1. The van der Waals surface area contributed by atoms with Crippen molar-refractivity contribution in [3.63, 3.8) is 0 Å². The molecule has 1 aromatic rings. The number of hydrogen-bond acceptors (Lipinski definition) is 4. The molecule has 0 radical (unpaired) electrons. The summed E-state index contributed by atoms with van der Waals surface area (Å²) >= 11 is 0. The molecule has 6 nitrogen and oxygen atoms in total. The molecule has 1 aliphatic carbocycles. The highest BCUT2D eigenvalue weighted by Gasteiger charge is 2.50. The Kier molecular flexibility index (Phi) is 2.22. The number of carbonyl (C=O) groups excluding carboxylic acids is 1. The van der Waals surface area contributed by atoms with E-state index in [1.54, 1.807) is 6.20 Å². The number of carbonyl (C=O) groups is 1. The zero-order valence-corrected chi connectivity index (χ0v) is 10.1. The molecular weight excluding hydrogens is 230 g/mol. The van der Waals surface area contributed by atoms with Crippen molar-refractivity contribution in [2.45, 2.75) is 18.5 Å². The molecule has 0 aromatic carbocycles. The lowest BCUT2D eigenvalue weighted by Gasteiger charge is -2.33. The largest absolute Gasteiger partial charge is 0.313 e. The van der Waals surface area contributed by atoms with E-state index in [1.807, 2.05) is 10.7 Å². The number of rotatable bonds is 3. The Hall–Kier alpha value is -1.40. The first-order valence-electron chi connectivity index (χ1n) is 6.61. The van der Waals surface area contributed by atoms with Gasteiger partial charge in [0.25, 0.3) is 0 Å². The van der Waals surface area contributed by atoms with Crippen LogP contribution in [0.3, 0.4) is 0 Å². The minimum Gasteiger partial charge on any atom is -0.313 e. The van der Waals surface area contributed by atoms with Crippen LogP contribution in [0.5, 0.6) is 0 Å². The van der Waals surface area contributed by atoms with Gasteiger partial charge in [-0.15, -0.1) is 0 Å². The summed E-state index contributed by atoms with van der Waals surface area (Å²) in [6.07, 6.45) is 2.91. The van der Waals surface area contributed by atoms with Gasteiger partial charge in [0, 0.05) is 25.2 Å². The van der Waals surface area contributed by atoms with E-state index in [0.717, 1.165) is 31.9 Å². The third kappa shape index (κ3) is 1.42. The second kappa shape index (κ2) is 3.80. The van der Waals surface area contributed by atoms with Crippen LogP contribution >= 0.6 is 0 Å². The molecule has 1 aromatic heterocycles. The van der Waals surface area contributed by atoms with Gasteiger partial charge in [0.05, 0.1) is 18.2 Å². The smallest absolute Gasteiger partial charge is 0.230 e. The van der Waals surface area contributed by atoms with Crippen LogP contribution in [0.25, 0.3) is 0 Å². The molecule has 1 amide bonds. The van der Waals surface area contributed by atoms with E-state index < -0.39 is 0 Å². The van der Waals surface area contributed by atoms with Crippen molar-refractivity contribution in [2.75, 3.05) is 25.0 Å². The molecule has 1 saturated carbocycles. The van der Waals surface area contributed by atoms with Crippen molar-refractivity contribution in [1.82, 2.24) is 20.4 Å². The number of aromatic nitrogens is 2. The van der Waals surface area contributed by atoms with Gasteiger partial charge in [-0.05, 0) is 18.9 Å². The third-order valence-corrected chi connectivity index (χ3v) is 4.47. The highest BCUT2D eigenvalue weighted by molar-refractivity contribution is 5.93. The molecule has 96 valence electrons. The Morgan fingerprint density at radius 1 is 1.44 bits per heavy atom. The minimum atomic E-state index is 0.148. The van der Waals surface area contributed by atoms with Gasteiger partial charge in [0.2, 0.25) is 5.91 Å². The number of hydrogen-bond donors (Lipinski definition) is 3. The standard InChI is InChI=1S/C12H17N5O/c18-12(11-7-3-9(11)14-4-7)16-10-1-2-15-17(10)8-5-13-6-8/h1-2,7-9,11,13-14H,3-6H2,(H,16,18). The normalized spacial score (nSPS) is 33.9. The molecule has 3 saturated heterocycles. The molecule has 0 spiro atoms. The molecule has 5 rings (SSSR count). The van der Waals surface area contributed by atoms with E-state index in [9.17, 15) is 4.79 Å². The van der Waals surface area contributed by atoms with Crippen molar-refractivity contribution in [2.24, 2.45) is 11.8 Å². The van der Waals surface area contributed by atoms with Crippen LogP contribution in [-0.4, -0.2) is 41.4 Å². The van der Waals surface area contributed by atoms with E-state index in [0.29, 0.717) is 18.0 Å². The summed E-state index contributed by atoms with van der Waals surface area (Å²) in [6.45, 7) is 2.86. The predicted molar refractivity (Wildman–Crippen MR) is 66.2 cm³/mol. The maximum Gasteiger partial charge on any atom is 0.230 e. The number of anilines is 1. The first-order chi connectivity index (χ1) is 8.83. The van der Waals surface area contributed by atoms with Crippen molar-refractivity contribution < 1.29 is 4.79 Å². The molecule has 6 heteroatoms. The lowest BCUT2D eigenvalue weighted by atomic mass is 9.73. The fourth-order valence-corrected chi connectivity index (χ4v) is 3.23. The second-order valence-corrected chi connectivity index (χ2v) is 5.50. The summed E-state index contributed by atoms with van der Waals surface area (Å²) < 4.78 is 1.92. The fourth-order valence-electron chi connectivity index (χ4n) is 3.23. The van der Waals surface area contributed by atoms with Crippen LogP contribution in [0, 0.1) is 11.8 Å². The summed E-state index contributed by atoms with van der Waals surface area (Å²) in [7, 11) is 0. The molecule has 4 aliphatic rings. The lowest BCUT2D eigenvalue weighted by molar-refractivity contribution is -0.124. The molecule has 4 heterocycles. The summed E-state index contributed by atoms with van der Waals surface area (Å²) in [5, 5.41) is 13.9. The van der Waals surface area contributed by atoms with Crippen LogP contribution in [0.1, 0.15) is 12.5 Å². The first-order valence-corrected chi connectivity index (χ1v) is 6.61. The molecular formula is C12H17N5O. The first kappa shape index (κ1) is 10.5. The van der Waals surface area contributed by atoms with Gasteiger partial charge in [-0.3, -0.25) is 4.79 Å². The third-order valence-electron chi connectivity index (χ3n) is 4.47. The Labute approximate surface area is 105 Å². The average Bonchev–Trinajstić information content (AvgIpc) is 2.90. The van der Waals surface area contributed by atoms with Gasteiger partial charge < -0.3 is 16.0 Å². The van der Waals surface area contributed by atoms with Crippen LogP contribution < -0.4 is 16.0 Å². The Balaban J connectivity index is 1.48. The molecule has 3 aliphatic heterocycles. The Morgan fingerprint density at radius 3 is 2.94 bits per heavy atom. The van der Waals surface area contributed by atoms with Crippen LogP contribution in [0.15, 0.2) is 12.3 Å². The van der Waals surface area contributed by atoms with Crippen LogP contribution in [-0.2, 0) is 4.79 Å². The molecule has 3 unspecified atom stereocenters. The summed E-state index contributed by atoms with van der Waals surface area (Å²) in [5.41, 5.74) is 0. The van der Waals surface area contributed by atoms with Crippen molar-refractivity contribution >= 4 is 11.7 Å². The zero-order chi connectivity index (χ0) is 12.1. The predicted octanol–water partition coefficient (Wildman–Crippen LogP) is -0.426. The number of fused-ring (bicyclic) bond motifs is 1. The van der Waals surface area contributed by atoms with E-state index in [2.05, 4.69) is 21.0 Å². The van der Waals surface area contributed by atoms with Crippen molar-refractivity contribution in [3.05, 3.63) is 12.3 Å². The Morgan fingerprint density at radius 2 is 2.33 bits per heavy atom. The van der Waals surface area contributed by atoms with Gasteiger partial charge in [-0.2, -0.15) is 5.10 Å². The Bertz CT molecular complexity index is 467. The van der Waals surface area contributed by atoms with E-state index >= 15 is 0 Å². The van der Waals surface area contributed by atoms with E-state index in [1.165, 1.54) is 0 Å². The van der Waals surface area contributed by atoms with Gasteiger partial charge in [0.15, 0.2) is 0 Å². The van der Waals surface area contributed by atoms with Gasteiger partial charge >= 0.3 is 0 Å². The number of amides is 1. The molecule has 3 N–H and O–H groups in total. The SMILES string of the molecule is O=C(Nc1ccnn1C1CNC1)C1C2CNC1C2. The summed E-state index contributed by atoms with van der Waals surface area (Å²) in [5.74, 6) is 1.68. The van der Waals surface area contributed by atoms with Crippen molar-refractivity contribution in [1.29, 1.82) is 0 Å². The van der Waals surface area contributed by atoms with Crippen LogP contribution in [0.4, 0.5) is 5.82 Å². The maximum absolute atomic E-state index is 12.2. The highest BCUT2D eigenvalue weighted by Crippen LogP contribution is 2.40. The van der Waals surface area contributed by atoms with Crippen LogP contribution in [0.2, 0.25) is 0 Å². The summed E-state index contributed by atoms with van der Waals surface area (Å²) in [6, 6.07) is 2.66. The van der Waals surface area contributed by atoms with E-state index in [-0.39, 0.29) is 11.8 Å².